The molecule has 2 aromatic rings. The van der Waals surface area contributed by atoms with Gasteiger partial charge in [0.25, 0.3) is 5.06 Å². The third-order valence-electron chi connectivity index (χ3n) is 2.35. The van der Waals surface area contributed by atoms with E-state index in [0.29, 0.717) is 9.35 Å². The zero-order chi connectivity index (χ0) is 14.9. The van der Waals surface area contributed by atoms with Crippen molar-refractivity contribution in [3.63, 3.8) is 0 Å². The van der Waals surface area contributed by atoms with Crippen molar-refractivity contribution in [2.45, 2.75) is 13.0 Å². The number of nitrogens with zero attached hydrogens (tertiary/aromatic N) is 1. The maximum Gasteiger partial charge on any atom is 0.323 e. The molecule has 8 heteroatoms. The average Bonchev–Trinajstić information content (AvgIpc) is 2.71. The van der Waals surface area contributed by atoms with Crippen LogP contribution in [0.2, 0.25) is 0 Å². The largest absolute Gasteiger partial charge is 0.440 e. The summed E-state index contributed by atoms with van der Waals surface area (Å²) in [7, 11) is 0. The highest BCUT2D eigenvalue weighted by atomic mass is 79.9. The second-order valence-electron chi connectivity index (χ2n) is 3.96. The van der Waals surface area contributed by atoms with Gasteiger partial charge in [-0.3, -0.25) is 10.1 Å². The molecule has 2 rings (SSSR count). The van der Waals surface area contributed by atoms with Gasteiger partial charge in [0, 0.05) is 21.5 Å². The van der Waals surface area contributed by atoms with E-state index in [1.54, 1.807) is 0 Å². The standard InChI is InChI=1S/C12H9BrFNO4S/c1-6(16)11-5-10(15(17)18)12(20-11)19-9-3-7(13)2-8(14)4-9/h2-6,16H,1H3/t6-/m0/s1. The van der Waals surface area contributed by atoms with Crippen molar-refractivity contribution < 1.29 is 19.2 Å². The first-order valence-corrected chi connectivity index (χ1v) is 7.08. The highest BCUT2D eigenvalue weighted by Gasteiger charge is 2.23. The van der Waals surface area contributed by atoms with Gasteiger partial charge in [0.05, 0.1) is 11.0 Å². The quantitative estimate of drug-likeness (QED) is 0.646. The van der Waals surface area contributed by atoms with Crippen LogP contribution in [0.1, 0.15) is 17.9 Å². The number of halogens is 2. The molecule has 1 aromatic heterocycles. The molecule has 0 radical (unpaired) electrons. The van der Waals surface area contributed by atoms with Crippen molar-refractivity contribution in [3.05, 3.63) is 49.5 Å². The molecule has 0 aliphatic heterocycles. The van der Waals surface area contributed by atoms with Crippen molar-refractivity contribution in [2.75, 3.05) is 0 Å². The maximum atomic E-state index is 13.2. The molecule has 1 N–H and O–H groups in total. The minimum atomic E-state index is -0.838. The molecule has 0 amide bonds. The van der Waals surface area contributed by atoms with Crippen molar-refractivity contribution in [1.29, 1.82) is 0 Å². The van der Waals surface area contributed by atoms with E-state index in [-0.39, 0.29) is 16.5 Å². The Hall–Kier alpha value is -1.51. The smallest absolute Gasteiger partial charge is 0.323 e. The van der Waals surface area contributed by atoms with Crippen molar-refractivity contribution in [1.82, 2.24) is 0 Å². The number of aliphatic hydroxyl groups is 1. The summed E-state index contributed by atoms with van der Waals surface area (Å²) in [6, 6.07) is 5.11. The van der Waals surface area contributed by atoms with Crippen LogP contribution >= 0.6 is 27.3 Å². The van der Waals surface area contributed by atoms with Crippen LogP contribution in [0.15, 0.2) is 28.7 Å². The minimum absolute atomic E-state index is 0.00315. The zero-order valence-electron chi connectivity index (χ0n) is 10.2. The third kappa shape index (κ3) is 3.33. The topological polar surface area (TPSA) is 72.6 Å². The van der Waals surface area contributed by atoms with E-state index in [4.69, 9.17) is 4.74 Å². The summed E-state index contributed by atoms with van der Waals surface area (Å²) in [5.74, 6) is -0.386. The van der Waals surface area contributed by atoms with Crippen LogP contribution in [0.4, 0.5) is 10.1 Å². The van der Waals surface area contributed by atoms with Crippen LogP contribution in [0.3, 0.4) is 0 Å². The second kappa shape index (κ2) is 5.86. The van der Waals surface area contributed by atoms with E-state index >= 15 is 0 Å². The lowest BCUT2D eigenvalue weighted by Crippen LogP contribution is -1.90. The van der Waals surface area contributed by atoms with E-state index in [2.05, 4.69) is 15.9 Å². The predicted octanol–water partition coefficient (Wildman–Crippen LogP) is 4.40. The highest BCUT2D eigenvalue weighted by molar-refractivity contribution is 9.10. The molecule has 106 valence electrons. The Morgan fingerprint density at radius 3 is 2.70 bits per heavy atom. The van der Waals surface area contributed by atoms with Gasteiger partial charge in [-0.1, -0.05) is 27.3 Å². The summed E-state index contributed by atoms with van der Waals surface area (Å²) in [5, 5.41) is 20.4. The van der Waals surface area contributed by atoms with Crippen LogP contribution in [0.5, 0.6) is 10.8 Å². The molecule has 0 saturated carbocycles. The van der Waals surface area contributed by atoms with Crippen molar-refractivity contribution >= 4 is 33.0 Å². The highest BCUT2D eigenvalue weighted by Crippen LogP contribution is 2.42. The van der Waals surface area contributed by atoms with E-state index in [1.165, 1.54) is 25.1 Å². The Bertz CT molecular complexity index is 639. The number of hydrogen-bond donors (Lipinski definition) is 1. The fraction of sp³-hybridized carbons (Fsp3) is 0.167. The molecule has 20 heavy (non-hydrogen) atoms. The lowest BCUT2D eigenvalue weighted by Gasteiger charge is -2.03. The lowest BCUT2D eigenvalue weighted by atomic mass is 10.3. The van der Waals surface area contributed by atoms with E-state index in [9.17, 15) is 19.6 Å². The van der Waals surface area contributed by atoms with Gasteiger partial charge in [-0.25, -0.2) is 4.39 Å². The molecule has 0 spiro atoms. The number of thiophene rings is 1. The Morgan fingerprint density at radius 2 is 2.15 bits per heavy atom. The van der Waals surface area contributed by atoms with E-state index in [1.807, 2.05) is 0 Å². The number of benzene rings is 1. The summed E-state index contributed by atoms with van der Waals surface area (Å²) in [4.78, 5) is 10.7. The maximum absolute atomic E-state index is 13.2. The van der Waals surface area contributed by atoms with Crippen molar-refractivity contribution in [2.24, 2.45) is 0 Å². The van der Waals surface area contributed by atoms with Gasteiger partial charge in [0.15, 0.2) is 0 Å². The molecule has 0 unspecified atom stereocenters. The molecule has 0 aliphatic rings. The average molecular weight is 362 g/mol. The van der Waals surface area contributed by atoms with Crippen LogP contribution in [0.25, 0.3) is 0 Å². The molecule has 0 fully saturated rings. The molecule has 0 bridgehead atoms. The Balaban J connectivity index is 2.39. The fourth-order valence-corrected chi connectivity index (χ4v) is 2.86. The monoisotopic (exact) mass is 361 g/mol. The van der Waals surface area contributed by atoms with Crippen molar-refractivity contribution in [3.8, 4) is 10.8 Å². The number of nitro groups is 1. The third-order valence-corrected chi connectivity index (χ3v) is 3.98. The molecule has 0 aliphatic carbocycles. The first-order valence-electron chi connectivity index (χ1n) is 5.47. The van der Waals surface area contributed by atoms with Gasteiger partial charge < -0.3 is 9.84 Å². The molecule has 1 aromatic carbocycles. The molecule has 1 heterocycles. The van der Waals surface area contributed by atoms with Crippen LogP contribution in [-0.4, -0.2) is 10.0 Å². The molecule has 1 atom stereocenters. The number of ether oxygens (including phenoxy) is 1. The minimum Gasteiger partial charge on any atom is -0.440 e. The lowest BCUT2D eigenvalue weighted by molar-refractivity contribution is -0.385. The zero-order valence-corrected chi connectivity index (χ0v) is 12.6. The van der Waals surface area contributed by atoms with Crippen LogP contribution < -0.4 is 4.74 Å². The Morgan fingerprint density at radius 1 is 1.45 bits per heavy atom. The summed E-state index contributed by atoms with van der Waals surface area (Å²) in [6.07, 6.45) is -0.838. The van der Waals surface area contributed by atoms with E-state index < -0.39 is 16.8 Å². The van der Waals surface area contributed by atoms with Gasteiger partial charge in [-0.2, -0.15) is 0 Å². The molecular weight excluding hydrogens is 353 g/mol. The summed E-state index contributed by atoms with van der Waals surface area (Å²) < 4.78 is 19.1. The predicted molar refractivity (Wildman–Crippen MR) is 75.8 cm³/mol. The van der Waals surface area contributed by atoms with Gasteiger partial charge >= 0.3 is 5.69 Å². The molecule has 5 nitrogen and oxygen atoms in total. The fourth-order valence-electron chi connectivity index (χ4n) is 1.48. The normalized spacial score (nSPS) is 12.2. The summed E-state index contributed by atoms with van der Waals surface area (Å²) in [5.41, 5.74) is -0.258. The molecular formula is C12H9BrFNO4S. The van der Waals surface area contributed by atoms with E-state index in [0.717, 1.165) is 17.4 Å². The SMILES string of the molecule is C[C@H](O)c1cc([N+](=O)[O-])c(Oc2cc(F)cc(Br)c2)s1. The number of hydrogen-bond acceptors (Lipinski definition) is 5. The van der Waals surface area contributed by atoms with Gasteiger partial charge in [0.1, 0.15) is 11.6 Å². The van der Waals surface area contributed by atoms with Crippen LogP contribution in [-0.2, 0) is 0 Å². The Kier molecular flexibility index (Phi) is 4.36. The first kappa shape index (κ1) is 14.9. The number of rotatable bonds is 4. The van der Waals surface area contributed by atoms with Crippen LogP contribution in [0, 0.1) is 15.9 Å². The van der Waals surface area contributed by atoms with Gasteiger partial charge in [-0.05, 0) is 19.1 Å². The number of aliphatic hydroxyl groups excluding tert-OH is 1. The summed E-state index contributed by atoms with van der Waals surface area (Å²) >= 11 is 4.06. The van der Waals surface area contributed by atoms with Gasteiger partial charge in [0.2, 0.25) is 0 Å². The first-order chi connectivity index (χ1) is 9.36. The summed E-state index contributed by atoms with van der Waals surface area (Å²) in [6.45, 7) is 1.50. The Labute approximate surface area is 125 Å². The van der Waals surface area contributed by atoms with Gasteiger partial charge in [-0.15, -0.1) is 0 Å². The molecule has 0 saturated heterocycles. The second-order valence-corrected chi connectivity index (χ2v) is 5.92.